The zero-order chi connectivity index (χ0) is 13.5. The summed E-state index contributed by atoms with van der Waals surface area (Å²) in [6.07, 6.45) is 5.06. The van der Waals surface area contributed by atoms with Gasteiger partial charge in [0.15, 0.2) is 0 Å². The summed E-state index contributed by atoms with van der Waals surface area (Å²) in [4.78, 5) is 5.75. The van der Waals surface area contributed by atoms with Gasteiger partial charge in [0, 0.05) is 17.5 Å². The normalized spacial score (nSPS) is 12.7. The van der Waals surface area contributed by atoms with E-state index in [-0.39, 0.29) is 0 Å². The van der Waals surface area contributed by atoms with Crippen LogP contribution in [0.5, 0.6) is 0 Å². The minimum absolute atomic E-state index is 0.428. The first-order valence-electron chi connectivity index (χ1n) is 6.98. The molecule has 0 aliphatic carbocycles. The fourth-order valence-electron chi connectivity index (χ4n) is 2.16. The second-order valence-electron chi connectivity index (χ2n) is 4.64. The van der Waals surface area contributed by atoms with Crippen molar-refractivity contribution < 1.29 is 0 Å². The van der Waals surface area contributed by atoms with E-state index in [1.807, 2.05) is 16.0 Å². The maximum Gasteiger partial charge on any atom is 0.140 e. The molecule has 2 aromatic rings. The molecule has 0 bridgehead atoms. The zero-order valence-electron chi connectivity index (χ0n) is 11.7. The highest BCUT2D eigenvalue weighted by molar-refractivity contribution is 7.10. The van der Waals surface area contributed by atoms with E-state index in [0.717, 1.165) is 31.8 Å². The Labute approximate surface area is 118 Å². The average Bonchev–Trinajstić information content (AvgIpc) is 3.06. The molecule has 0 aromatic carbocycles. The van der Waals surface area contributed by atoms with Crippen molar-refractivity contribution in [1.82, 2.24) is 20.1 Å². The predicted molar refractivity (Wildman–Crippen MR) is 79.1 cm³/mol. The maximum atomic E-state index is 4.34. The highest BCUT2D eigenvalue weighted by Crippen LogP contribution is 2.23. The summed E-state index contributed by atoms with van der Waals surface area (Å²) in [5.74, 6) is 1.03. The lowest BCUT2D eigenvalue weighted by molar-refractivity contribution is 0.470. The molecule has 5 heteroatoms. The molecule has 0 radical (unpaired) electrons. The molecule has 1 unspecified atom stereocenters. The Kier molecular flexibility index (Phi) is 5.54. The number of aryl methyl sites for hydroxylation is 1. The van der Waals surface area contributed by atoms with Crippen LogP contribution in [-0.4, -0.2) is 14.8 Å². The number of hydrogen-bond acceptors (Lipinski definition) is 4. The molecule has 0 spiro atoms. The van der Waals surface area contributed by atoms with Crippen molar-refractivity contribution in [2.45, 2.75) is 52.2 Å². The van der Waals surface area contributed by atoms with E-state index >= 15 is 0 Å². The van der Waals surface area contributed by atoms with E-state index < -0.39 is 0 Å². The van der Waals surface area contributed by atoms with E-state index in [4.69, 9.17) is 0 Å². The third-order valence-corrected chi connectivity index (χ3v) is 4.09. The summed E-state index contributed by atoms with van der Waals surface area (Å²) in [6, 6.07) is 4.75. The van der Waals surface area contributed by atoms with Crippen molar-refractivity contribution in [3.63, 3.8) is 0 Å². The highest BCUT2D eigenvalue weighted by atomic mass is 32.1. The average molecular weight is 278 g/mol. The van der Waals surface area contributed by atoms with Gasteiger partial charge < -0.3 is 5.32 Å². The van der Waals surface area contributed by atoms with Crippen LogP contribution in [0.2, 0.25) is 0 Å². The monoisotopic (exact) mass is 278 g/mol. The van der Waals surface area contributed by atoms with Crippen LogP contribution in [0.1, 0.15) is 49.9 Å². The van der Waals surface area contributed by atoms with Gasteiger partial charge in [0.2, 0.25) is 0 Å². The molecule has 0 saturated carbocycles. The van der Waals surface area contributed by atoms with Gasteiger partial charge in [0.05, 0.1) is 6.54 Å². The van der Waals surface area contributed by atoms with E-state index in [2.05, 4.69) is 46.8 Å². The molecule has 104 valence electrons. The highest BCUT2D eigenvalue weighted by Gasteiger charge is 2.12. The number of aromatic nitrogens is 3. The van der Waals surface area contributed by atoms with Crippen LogP contribution in [0.25, 0.3) is 0 Å². The summed E-state index contributed by atoms with van der Waals surface area (Å²) < 4.78 is 1.99. The van der Waals surface area contributed by atoms with Crippen LogP contribution in [-0.2, 0) is 13.1 Å². The van der Waals surface area contributed by atoms with Crippen LogP contribution in [0.4, 0.5) is 0 Å². The lowest BCUT2D eigenvalue weighted by Gasteiger charge is -2.16. The third-order valence-electron chi connectivity index (χ3n) is 3.10. The largest absolute Gasteiger partial charge is 0.302 e. The standard InChI is InChI=1S/C14H22N4S/c1-3-6-12(13-7-5-9-19-13)15-10-14-16-11-17-18(14)8-4-2/h5,7,9,11-12,15H,3-4,6,8,10H2,1-2H3. The summed E-state index contributed by atoms with van der Waals surface area (Å²) in [6.45, 7) is 6.10. The van der Waals surface area contributed by atoms with Gasteiger partial charge in [-0.3, -0.25) is 0 Å². The smallest absolute Gasteiger partial charge is 0.140 e. The second kappa shape index (κ2) is 7.40. The molecule has 2 aromatic heterocycles. The molecule has 2 heterocycles. The number of rotatable bonds is 8. The third kappa shape index (κ3) is 3.88. The van der Waals surface area contributed by atoms with E-state index in [9.17, 15) is 0 Å². The number of hydrogen-bond donors (Lipinski definition) is 1. The Bertz CT molecular complexity index is 464. The first-order valence-corrected chi connectivity index (χ1v) is 7.86. The molecule has 0 fully saturated rings. The van der Waals surface area contributed by atoms with Crippen LogP contribution < -0.4 is 5.32 Å². The second-order valence-corrected chi connectivity index (χ2v) is 5.62. The SMILES string of the molecule is CCCC(NCc1ncnn1CCC)c1cccs1. The van der Waals surface area contributed by atoms with Gasteiger partial charge in [-0.1, -0.05) is 26.3 Å². The first-order chi connectivity index (χ1) is 9.35. The van der Waals surface area contributed by atoms with Crippen molar-refractivity contribution in [1.29, 1.82) is 0 Å². The molecule has 2 rings (SSSR count). The topological polar surface area (TPSA) is 42.7 Å². The molecular formula is C14H22N4S. The Balaban J connectivity index is 1.96. The number of nitrogens with zero attached hydrogens (tertiary/aromatic N) is 3. The molecule has 0 saturated heterocycles. The Morgan fingerprint density at radius 3 is 2.95 bits per heavy atom. The zero-order valence-corrected chi connectivity index (χ0v) is 12.5. The van der Waals surface area contributed by atoms with E-state index in [0.29, 0.717) is 6.04 Å². The molecule has 19 heavy (non-hydrogen) atoms. The van der Waals surface area contributed by atoms with Crippen molar-refractivity contribution in [2.24, 2.45) is 0 Å². The lowest BCUT2D eigenvalue weighted by atomic mass is 10.1. The quantitative estimate of drug-likeness (QED) is 0.805. The minimum atomic E-state index is 0.428. The molecule has 1 atom stereocenters. The molecule has 0 aliphatic heterocycles. The molecule has 4 nitrogen and oxygen atoms in total. The van der Waals surface area contributed by atoms with Gasteiger partial charge in [-0.05, 0) is 24.3 Å². The van der Waals surface area contributed by atoms with Crippen LogP contribution in [0.15, 0.2) is 23.8 Å². The lowest BCUT2D eigenvalue weighted by Crippen LogP contribution is -2.22. The summed E-state index contributed by atoms with van der Waals surface area (Å²) in [5.41, 5.74) is 0. The van der Waals surface area contributed by atoms with Crippen molar-refractivity contribution in [2.75, 3.05) is 0 Å². The molecule has 0 amide bonds. The van der Waals surface area contributed by atoms with Crippen molar-refractivity contribution in [3.8, 4) is 0 Å². The van der Waals surface area contributed by atoms with Crippen molar-refractivity contribution in [3.05, 3.63) is 34.5 Å². The minimum Gasteiger partial charge on any atom is -0.302 e. The molecule has 0 aliphatic rings. The molecule has 1 N–H and O–H groups in total. The Morgan fingerprint density at radius 1 is 1.37 bits per heavy atom. The van der Waals surface area contributed by atoms with Gasteiger partial charge in [-0.15, -0.1) is 11.3 Å². The predicted octanol–water partition coefficient (Wildman–Crippen LogP) is 3.38. The van der Waals surface area contributed by atoms with Gasteiger partial charge in [0.1, 0.15) is 12.2 Å². The first kappa shape index (κ1) is 14.2. The fraction of sp³-hybridized carbons (Fsp3) is 0.571. The van der Waals surface area contributed by atoms with Gasteiger partial charge in [0.25, 0.3) is 0 Å². The van der Waals surface area contributed by atoms with E-state index in [1.54, 1.807) is 6.33 Å². The summed E-state index contributed by atoms with van der Waals surface area (Å²) in [5, 5.41) is 10.0. The summed E-state index contributed by atoms with van der Waals surface area (Å²) in [7, 11) is 0. The van der Waals surface area contributed by atoms with Gasteiger partial charge >= 0.3 is 0 Å². The van der Waals surface area contributed by atoms with Crippen LogP contribution in [0, 0.1) is 0 Å². The number of thiophene rings is 1. The van der Waals surface area contributed by atoms with Crippen LogP contribution >= 0.6 is 11.3 Å². The summed E-state index contributed by atoms with van der Waals surface area (Å²) >= 11 is 1.82. The fourth-order valence-corrected chi connectivity index (χ4v) is 3.00. The van der Waals surface area contributed by atoms with Crippen LogP contribution in [0.3, 0.4) is 0 Å². The van der Waals surface area contributed by atoms with Gasteiger partial charge in [-0.25, -0.2) is 9.67 Å². The molecular weight excluding hydrogens is 256 g/mol. The Morgan fingerprint density at radius 2 is 2.26 bits per heavy atom. The van der Waals surface area contributed by atoms with E-state index in [1.165, 1.54) is 11.3 Å². The van der Waals surface area contributed by atoms with Crippen molar-refractivity contribution >= 4 is 11.3 Å². The number of nitrogens with one attached hydrogen (secondary N) is 1. The maximum absolute atomic E-state index is 4.34. The Hall–Kier alpha value is -1.20. The van der Waals surface area contributed by atoms with Gasteiger partial charge in [-0.2, -0.15) is 5.10 Å².